The van der Waals surface area contributed by atoms with E-state index in [1.807, 2.05) is 13.1 Å². The summed E-state index contributed by atoms with van der Waals surface area (Å²) in [5.41, 5.74) is 1.43. The summed E-state index contributed by atoms with van der Waals surface area (Å²) in [6, 6.07) is 6.42. The molecule has 0 aromatic heterocycles. The van der Waals surface area contributed by atoms with Crippen molar-refractivity contribution >= 4 is 5.96 Å². The van der Waals surface area contributed by atoms with Gasteiger partial charge in [0.2, 0.25) is 0 Å². The van der Waals surface area contributed by atoms with Gasteiger partial charge in [0.25, 0.3) is 0 Å². The number of guanidine groups is 1. The van der Waals surface area contributed by atoms with E-state index in [9.17, 15) is 0 Å². The number of piperidine rings is 1. The molecular formula is C24H40N4O2. The Kier molecular flexibility index (Phi) is 8.25. The monoisotopic (exact) mass is 416 g/mol. The van der Waals surface area contributed by atoms with Crippen molar-refractivity contribution in [3.8, 4) is 11.5 Å². The fraction of sp³-hybridized carbons (Fsp3) is 0.708. The Balaban J connectivity index is 1.67. The molecule has 1 heterocycles. The topological polar surface area (TPSA) is 58.1 Å². The van der Waals surface area contributed by atoms with Crippen molar-refractivity contribution < 1.29 is 9.47 Å². The Morgan fingerprint density at radius 3 is 2.53 bits per heavy atom. The van der Waals surface area contributed by atoms with E-state index in [2.05, 4.69) is 39.7 Å². The molecule has 1 aromatic carbocycles. The number of aliphatic imine (C=N–C) groups is 1. The molecular weight excluding hydrogens is 376 g/mol. The highest BCUT2D eigenvalue weighted by molar-refractivity contribution is 5.79. The average molecular weight is 417 g/mol. The van der Waals surface area contributed by atoms with E-state index in [0.717, 1.165) is 30.5 Å². The third-order valence-corrected chi connectivity index (χ3v) is 6.90. The number of hydrogen-bond donors (Lipinski definition) is 2. The first-order chi connectivity index (χ1) is 14.6. The minimum absolute atomic E-state index is 0.0977. The van der Waals surface area contributed by atoms with Gasteiger partial charge in [-0.25, -0.2) is 0 Å². The van der Waals surface area contributed by atoms with Crippen molar-refractivity contribution in [2.24, 2.45) is 10.9 Å². The molecule has 1 saturated heterocycles. The second-order valence-corrected chi connectivity index (χ2v) is 8.99. The molecule has 0 radical (unpaired) electrons. The Morgan fingerprint density at radius 2 is 1.87 bits per heavy atom. The Morgan fingerprint density at radius 1 is 1.10 bits per heavy atom. The number of ether oxygens (including phenoxy) is 2. The van der Waals surface area contributed by atoms with Gasteiger partial charge in [-0.05, 0) is 62.9 Å². The summed E-state index contributed by atoms with van der Waals surface area (Å²) >= 11 is 0. The minimum Gasteiger partial charge on any atom is -0.493 e. The number of nitrogens with zero attached hydrogens (tertiary/aromatic N) is 2. The molecule has 0 amide bonds. The lowest BCUT2D eigenvalue weighted by atomic mass is 9.69. The van der Waals surface area contributed by atoms with Crippen LogP contribution >= 0.6 is 0 Å². The minimum atomic E-state index is 0.0977. The largest absolute Gasteiger partial charge is 0.493 e. The molecule has 1 atom stereocenters. The second-order valence-electron chi connectivity index (χ2n) is 8.99. The molecule has 2 fully saturated rings. The molecule has 3 rings (SSSR count). The van der Waals surface area contributed by atoms with Gasteiger partial charge in [-0.2, -0.15) is 0 Å². The summed E-state index contributed by atoms with van der Waals surface area (Å²) in [6.07, 6.45) is 8.78. The molecule has 0 spiro atoms. The van der Waals surface area contributed by atoms with Gasteiger partial charge in [0.15, 0.2) is 17.5 Å². The first-order valence-corrected chi connectivity index (χ1v) is 11.5. The van der Waals surface area contributed by atoms with E-state index in [1.54, 1.807) is 14.2 Å². The smallest absolute Gasteiger partial charge is 0.191 e. The van der Waals surface area contributed by atoms with E-state index in [-0.39, 0.29) is 5.41 Å². The summed E-state index contributed by atoms with van der Waals surface area (Å²) < 4.78 is 11.0. The summed E-state index contributed by atoms with van der Waals surface area (Å²) in [4.78, 5) is 6.93. The number of likely N-dealkylation sites (tertiary alicyclic amines) is 1. The third kappa shape index (κ3) is 5.60. The van der Waals surface area contributed by atoms with Gasteiger partial charge in [-0.1, -0.05) is 25.3 Å². The summed E-state index contributed by atoms with van der Waals surface area (Å²) in [7, 11) is 7.48. The predicted molar refractivity (Wildman–Crippen MR) is 124 cm³/mol. The van der Waals surface area contributed by atoms with Crippen LogP contribution in [0.5, 0.6) is 11.5 Å². The predicted octanol–water partition coefficient (Wildman–Crippen LogP) is 3.41. The summed E-state index contributed by atoms with van der Waals surface area (Å²) in [5, 5.41) is 7.22. The molecule has 6 nitrogen and oxygen atoms in total. The molecule has 30 heavy (non-hydrogen) atoms. The van der Waals surface area contributed by atoms with Crippen molar-refractivity contribution in [3.05, 3.63) is 23.8 Å². The fourth-order valence-corrected chi connectivity index (χ4v) is 5.12. The van der Waals surface area contributed by atoms with Gasteiger partial charge >= 0.3 is 0 Å². The van der Waals surface area contributed by atoms with Crippen LogP contribution in [-0.4, -0.2) is 65.4 Å². The van der Waals surface area contributed by atoms with Crippen LogP contribution in [0.3, 0.4) is 0 Å². The van der Waals surface area contributed by atoms with Gasteiger partial charge in [-0.3, -0.25) is 4.99 Å². The maximum atomic E-state index is 5.59. The zero-order valence-electron chi connectivity index (χ0n) is 19.3. The molecule has 1 aromatic rings. The van der Waals surface area contributed by atoms with E-state index in [4.69, 9.17) is 9.47 Å². The molecule has 2 N–H and O–H groups in total. The normalized spacial score (nSPS) is 22.4. The van der Waals surface area contributed by atoms with Gasteiger partial charge in [0, 0.05) is 32.1 Å². The van der Waals surface area contributed by atoms with E-state index in [1.165, 1.54) is 63.6 Å². The number of hydrogen-bond acceptors (Lipinski definition) is 4. The maximum Gasteiger partial charge on any atom is 0.191 e. The number of benzene rings is 1. The Labute approximate surface area is 182 Å². The molecule has 1 unspecified atom stereocenters. The number of methoxy groups -OCH3 is 2. The van der Waals surface area contributed by atoms with Crippen molar-refractivity contribution in [1.29, 1.82) is 0 Å². The molecule has 0 bridgehead atoms. The van der Waals surface area contributed by atoms with Crippen LogP contribution in [0.15, 0.2) is 23.2 Å². The quantitative estimate of drug-likeness (QED) is 0.527. The van der Waals surface area contributed by atoms with E-state index >= 15 is 0 Å². The molecule has 1 aliphatic heterocycles. The van der Waals surface area contributed by atoms with Crippen molar-refractivity contribution in [1.82, 2.24) is 15.5 Å². The molecule has 168 valence electrons. The van der Waals surface area contributed by atoms with E-state index in [0.29, 0.717) is 5.92 Å². The highest BCUT2D eigenvalue weighted by atomic mass is 16.5. The summed E-state index contributed by atoms with van der Waals surface area (Å²) in [6.45, 7) is 4.25. The van der Waals surface area contributed by atoms with Crippen LogP contribution in [-0.2, 0) is 5.41 Å². The number of rotatable bonds is 7. The zero-order valence-corrected chi connectivity index (χ0v) is 19.3. The first kappa shape index (κ1) is 22.7. The summed E-state index contributed by atoms with van der Waals surface area (Å²) in [5.74, 6) is 3.20. The van der Waals surface area contributed by atoms with Crippen LogP contribution in [0.4, 0.5) is 0 Å². The van der Waals surface area contributed by atoms with Crippen LogP contribution < -0.4 is 20.1 Å². The standard InChI is InChI=1S/C24H40N4O2/c1-25-23(26-16-19-9-8-14-28(2)17-19)27-18-24(12-6-5-7-13-24)20-10-11-21(29-3)22(15-20)30-4/h10-11,15,19H,5-9,12-14,16-18H2,1-4H3,(H2,25,26,27). The Bertz CT molecular complexity index is 700. The average Bonchev–Trinajstić information content (AvgIpc) is 2.79. The highest BCUT2D eigenvalue weighted by Crippen LogP contribution is 2.42. The van der Waals surface area contributed by atoms with Crippen molar-refractivity contribution in [2.75, 3.05) is 54.5 Å². The zero-order chi connectivity index (χ0) is 21.4. The molecule has 1 aliphatic carbocycles. The molecule has 6 heteroatoms. The van der Waals surface area contributed by atoms with Crippen LogP contribution in [0, 0.1) is 5.92 Å². The maximum absolute atomic E-state index is 5.59. The molecule has 2 aliphatic rings. The SMILES string of the molecule is CN=C(NCC1CCCN(C)C1)NCC1(c2ccc(OC)c(OC)c2)CCCCC1. The lowest BCUT2D eigenvalue weighted by molar-refractivity contribution is 0.210. The lowest BCUT2D eigenvalue weighted by Gasteiger charge is -2.39. The van der Waals surface area contributed by atoms with E-state index < -0.39 is 0 Å². The lowest BCUT2D eigenvalue weighted by Crippen LogP contribution is -2.48. The second kappa shape index (κ2) is 10.9. The van der Waals surface area contributed by atoms with Gasteiger partial charge in [0.1, 0.15) is 0 Å². The Hall–Kier alpha value is -1.95. The van der Waals surface area contributed by atoms with Gasteiger partial charge in [0.05, 0.1) is 14.2 Å². The van der Waals surface area contributed by atoms with Crippen molar-refractivity contribution in [3.63, 3.8) is 0 Å². The van der Waals surface area contributed by atoms with Crippen LogP contribution in [0.25, 0.3) is 0 Å². The first-order valence-electron chi connectivity index (χ1n) is 11.5. The van der Waals surface area contributed by atoms with Gasteiger partial charge in [-0.15, -0.1) is 0 Å². The third-order valence-electron chi connectivity index (χ3n) is 6.90. The van der Waals surface area contributed by atoms with Gasteiger partial charge < -0.3 is 25.0 Å². The highest BCUT2D eigenvalue weighted by Gasteiger charge is 2.35. The molecule has 1 saturated carbocycles. The fourth-order valence-electron chi connectivity index (χ4n) is 5.12. The van der Waals surface area contributed by atoms with Crippen LogP contribution in [0.1, 0.15) is 50.5 Å². The number of nitrogens with one attached hydrogen (secondary N) is 2. The van der Waals surface area contributed by atoms with Crippen LogP contribution in [0.2, 0.25) is 0 Å². The van der Waals surface area contributed by atoms with Crippen molar-refractivity contribution in [2.45, 2.75) is 50.4 Å².